The number of rotatable bonds is 3. The van der Waals surface area contributed by atoms with Gasteiger partial charge in [0.2, 0.25) is 0 Å². The van der Waals surface area contributed by atoms with Crippen LogP contribution in [0, 0.1) is 5.92 Å². The van der Waals surface area contributed by atoms with Gasteiger partial charge in [0.05, 0.1) is 13.2 Å². The Bertz CT molecular complexity index is 396. The van der Waals surface area contributed by atoms with E-state index in [-0.39, 0.29) is 0 Å². The first-order valence-corrected chi connectivity index (χ1v) is 5.25. The normalized spacial score (nSPS) is 33.5. The van der Waals surface area contributed by atoms with E-state index < -0.39 is 49.1 Å². The van der Waals surface area contributed by atoms with Crippen molar-refractivity contribution in [2.75, 3.05) is 13.2 Å². The SMILES string of the molecule is C=CC(=O)OCC1COC(O)(C(F)(F)F)C(F)(F)C1O. The molecule has 10 heteroatoms. The minimum Gasteiger partial charge on any atom is -0.462 e. The molecule has 1 saturated heterocycles. The zero-order valence-corrected chi connectivity index (χ0v) is 9.86. The summed E-state index contributed by atoms with van der Waals surface area (Å²) in [5.41, 5.74) is 0. The van der Waals surface area contributed by atoms with E-state index in [1.54, 1.807) is 0 Å². The highest BCUT2D eigenvalue weighted by atomic mass is 19.4. The third kappa shape index (κ3) is 2.63. The van der Waals surface area contributed by atoms with Crippen LogP contribution in [0.25, 0.3) is 0 Å². The monoisotopic (exact) mass is 306 g/mol. The summed E-state index contributed by atoms with van der Waals surface area (Å²) < 4.78 is 72.4. The summed E-state index contributed by atoms with van der Waals surface area (Å²) in [5, 5.41) is 18.2. The van der Waals surface area contributed by atoms with Crippen LogP contribution in [0.3, 0.4) is 0 Å². The number of hydrogen-bond donors (Lipinski definition) is 2. The van der Waals surface area contributed by atoms with Crippen molar-refractivity contribution < 1.29 is 46.4 Å². The standard InChI is InChI=1S/C10H11F5O5/c1-2-6(16)19-3-5-4-20-9(18,10(13,14)15)8(11,12)7(5)17/h2,5,7,17-18H,1,3-4H2. The molecule has 3 atom stereocenters. The first-order chi connectivity index (χ1) is 8.97. The number of aliphatic hydroxyl groups excluding tert-OH is 1. The van der Waals surface area contributed by atoms with Gasteiger partial charge in [0.1, 0.15) is 6.10 Å². The number of carbonyl (C=O) groups excluding carboxylic acids is 1. The Balaban J connectivity index is 2.89. The molecule has 2 N–H and O–H groups in total. The van der Waals surface area contributed by atoms with E-state index in [1.165, 1.54) is 0 Å². The van der Waals surface area contributed by atoms with Crippen molar-refractivity contribution in [2.24, 2.45) is 5.92 Å². The van der Waals surface area contributed by atoms with E-state index in [2.05, 4.69) is 16.1 Å². The third-order valence-electron chi connectivity index (χ3n) is 2.77. The lowest BCUT2D eigenvalue weighted by atomic mass is 9.89. The van der Waals surface area contributed by atoms with E-state index in [4.69, 9.17) is 5.11 Å². The summed E-state index contributed by atoms with van der Waals surface area (Å²) in [6.07, 6.45) is -8.00. The van der Waals surface area contributed by atoms with Gasteiger partial charge in [0.15, 0.2) is 0 Å². The largest absolute Gasteiger partial charge is 0.462 e. The molecule has 0 bridgehead atoms. The molecule has 0 aromatic heterocycles. The first-order valence-electron chi connectivity index (χ1n) is 5.25. The Morgan fingerprint density at radius 3 is 2.50 bits per heavy atom. The molecule has 1 heterocycles. The van der Waals surface area contributed by atoms with Crippen LogP contribution in [0.5, 0.6) is 0 Å². The zero-order valence-electron chi connectivity index (χ0n) is 9.86. The Morgan fingerprint density at radius 2 is 2.05 bits per heavy atom. The Kier molecular flexibility index (Phi) is 4.42. The first kappa shape index (κ1) is 16.8. The molecule has 116 valence electrons. The molecule has 20 heavy (non-hydrogen) atoms. The molecule has 0 amide bonds. The maximum Gasteiger partial charge on any atom is 0.449 e. The average Bonchev–Trinajstić information content (AvgIpc) is 2.34. The summed E-state index contributed by atoms with van der Waals surface area (Å²) >= 11 is 0. The van der Waals surface area contributed by atoms with Gasteiger partial charge < -0.3 is 19.7 Å². The fourth-order valence-corrected chi connectivity index (χ4v) is 1.57. The van der Waals surface area contributed by atoms with Gasteiger partial charge in [-0.05, 0) is 0 Å². The molecule has 1 fully saturated rings. The molecule has 1 aliphatic rings. The second-order valence-corrected chi connectivity index (χ2v) is 4.11. The molecular weight excluding hydrogens is 295 g/mol. The fraction of sp³-hybridized carbons (Fsp3) is 0.700. The number of hydrogen-bond acceptors (Lipinski definition) is 5. The summed E-state index contributed by atoms with van der Waals surface area (Å²) in [4.78, 5) is 10.7. The number of alkyl halides is 5. The van der Waals surface area contributed by atoms with Crippen LogP contribution in [0.1, 0.15) is 0 Å². The summed E-state index contributed by atoms with van der Waals surface area (Å²) in [6, 6.07) is 0. The van der Waals surface area contributed by atoms with Crippen LogP contribution >= 0.6 is 0 Å². The van der Waals surface area contributed by atoms with Gasteiger partial charge in [0.25, 0.3) is 0 Å². The van der Waals surface area contributed by atoms with Crippen LogP contribution < -0.4 is 0 Å². The molecule has 0 aliphatic carbocycles. The lowest BCUT2D eigenvalue weighted by Gasteiger charge is -2.45. The molecule has 0 spiro atoms. The Labute approximate surface area is 109 Å². The third-order valence-corrected chi connectivity index (χ3v) is 2.77. The molecule has 0 radical (unpaired) electrons. The van der Waals surface area contributed by atoms with E-state index >= 15 is 0 Å². The van der Waals surface area contributed by atoms with E-state index in [9.17, 15) is 31.9 Å². The summed E-state index contributed by atoms with van der Waals surface area (Å²) in [7, 11) is 0. The predicted octanol–water partition coefficient (Wildman–Crippen LogP) is 0.609. The van der Waals surface area contributed by atoms with Crippen LogP contribution in [0.15, 0.2) is 12.7 Å². The van der Waals surface area contributed by atoms with Crippen molar-refractivity contribution in [1.29, 1.82) is 0 Å². The molecule has 0 saturated carbocycles. The van der Waals surface area contributed by atoms with Crippen molar-refractivity contribution in [3.05, 3.63) is 12.7 Å². The maximum absolute atomic E-state index is 13.5. The average molecular weight is 306 g/mol. The highest BCUT2D eigenvalue weighted by Gasteiger charge is 2.76. The number of esters is 1. The molecule has 0 aromatic rings. The predicted molar refractivity (Wildman–Crippen MR) is 52.6 cm³/mol. The van der Waals surface area contributed by atoms with Gasteiger partial charge in [0, 0.05) is 12.0 Å². The zero-order chi connectivity index (χ0) is 15.8. The topological polar surface area (TPSA) is 76.0 Å². The minimum atomic E-state index is -5.81. The Morgan fingerprint density at radius 1 is 1.50 bits per heavy atom. The number of ether oxygens (including phenoxy) is 2. The lowest BCUT2D eigenvalue weighted by molar-refractivity contribution is -0.463. The molecular formula is C10H11F5O5. The fourth-order valence-electron chi connectivity index (χ4n) is 1.57. The smallest absolute Gasteiger partial charge is 0.449 e. The van der Waals surface area contributed by atoms with E-state index in [0.29, 0.717) is 6.08 Å². The highest BCUT2D eigenvalue weighted by molar-refractivity contribution is 5.81. The molecule has 3 unspecified atom stereocenters. The number of carbonyl (C=O) groups is 1. The van der Waals surface area contributed by atoms with Crippen molar-refractivity contribution in [3.8, 4) is 0 Å². The summed E-state index contributed by atoms with van der Waals surface area (Å²) in [6.45, 7) is 1.14. The Hall–Kier alpha value is -1.26. The molecule has 1 rings (SSSR count). The minimum absolute atomic E-state index is 0.709. The molecule has 0 aromatic carbocycles. The van der Waals surface area contributed by atoms with Crippen molar-refractivity contribution >= 4 is 5.97 Å². The van der Waals surface area contributed by atoms with Crippen molar-refractivity contribution in [2.45, 2.75) is 24.0 Å². The van der Waals surface area contributed by atoms with Gasteiger partial charge in [-0.25, -0.2) is 4.79 Å². The number of aliphatic hydroxyl groups is 2. The van der Waals surface area contributed by atoms with Gasteiger partial charge in [-0.3, -0.25) is 0 Å². The van der Waals surface area contributed by atoms with Crippen LogP contribution in [0.2, 0.25) is 0 Å². The molecule has 5 nitrogen and oxygen atoms in total. The van der Waals surface area contributed by atoms with Crippen LogP contribution in [0.4, 0.5) is 22.0 Å². The quantitative estimate of drug-likeness (QED) is 0.454. The van der Waals surface area contributed by atoms with Crippen LogP contribution in [-0.4, -0.2) is 53.4 Å². The highest BCUT2D eigenvalue weighted by Crippen LogP contribution is 2.49. The maximum atomic E-state index is 13.5. The summed E-state index contributed by atoms with van der Waals surface area (Å²) in [5.74, 6) is -12.4. The molecule has 1 aliphatic heterocycles. The van der Waals surface area contributed by atoms with E-state index in [1.807, 2.05) is 0 Å². The van der Waals surface area contributed by atoms with Gasteiger partial charge in [-0.15, -0.1) is 0 Å². The van der Waals surface area contributed by atoms with Crippen molar-refractivity contribution in [1.82, 2.24) is 0 Å². The van der Waals surface area contributed by atoms with E-state index in [0.717, 1.165) is 0 Å². The lowest BCUT2D eigenvalue weighted by Crippen LogP contribution is -2.70. The van der Waals surface area contributed by atoms with Crippen molar-refractivity contribution in [3.63, 3.8) is 0 Å². The van der Waals surface area contributed by atoms with Gasteiger partial charge >= 0.3 is 23.9 Å². The number of halogens is 5. The van der Waals surface area contributed by atoms with Gasteiger partial charge in [-0.2, -0.15) is 22.0 Å². The second-order valence-electron chi connectivity index (χ2n) is 4.11. The van der Waals surface area contributed by atoms with Crippen LogP contribution in [-0.2, 0) is 14.3 Å². The second kappa shape index (κ2) is 5.26. The van der Waals surface area contributed by atoms with Gasteiger partial charge in [-0.1, -0.05) is 6.58 Å².